The Balaban J connectivity index is 1.39. The standard InChI is InChI=1S/C26H32F2N2O6/c1-33-19-3-5-20(6-4-19)34-13-8-24(31)29-21(17-30-11-9-26(27,28)10-12-30)25(32)18-2-7-22-23(16-18)36-15-14-35-22/h2-7,16,21,25,32H,8-15,17H2,1H3,(H,29,31). The second-order valence-corrected chi connectivity index (χ2v) is 8.95. The summed E-state index contributed by atoms with van der Waals surface area (Å²) in [6.45, 7) is 1.61. The highest BCUT2D eigenvalue weighted by molar-refractivity contribution is 5.76. The third kappa shape index (κ3) is 6.98. The predicted octanol–water partition coefficient (Wildman–Crippen LogP) is 3.18. The van der Waals surface area contributed by atoms with Crippen molar-refractivity contribution in [2.24, 2.45) is 0 Å². The number of methoxy groups -OCH3 is 1. The molecule has 2 aromatic rings. The van der Waals surface area contributed by atoms with Gasteiger partial charge in [-0.25, -0.2) is 8.78 Å². The molecule has 2 atom stereocenters. The second-order valence-electron chi connectivity index (χ2n) is 8.95. The summed E-state index contributed by atoms with van der Waals surface area (Å²) >= 11 is 0. The van der Waals surface area contributed by atoms with Crippen molar-refractivity contribution in [2.75, 3.05) is 46.6 Å². The lowest BCUT2D eigenvalue weighted by molar-refractivity contribution is -0.123. The summed E-state index contributed by atoms with van der Waals surface area (Å²) in [5, 5.41) is 14.1. The van der Waals surface area contributed by atoms with Crippen LogP contribution in [0.5, 0.6) is 23.0 Å². The fourth-order valence-corrected chi connectivity index (χ4v) is 4.25. The van der Waals surface area contributed by atoms with E-state index in [0.717, 1.165) is 0 Å². The number of alkyl halides is 2. The zero-order valence-corrected chi connectivity index (χ0v) is 20.3. The summed E-state index contributed by atoms with van der Waals surface area (Å²) < 4.78 is 49.2. The number of ether oxygens (including phenoxy) is 4. The van der Waals surface area contributed by atoms with Crippen molar-refractivity contribution in [3.63, 3.8) is 0 Å². The summed E-state index contributed by atoms with van der Waals surface area (Å²) in [5.74, 6) is -0.576. The van der Waals surface area contributed by atoms with Gasteiger partial charge in [0.1, 0.15) is 30.8 Å². The molecule has 8 nitrogen and oxygen atoms in total. The number of fused-ring (bicyclic) bond motifs is 1. The number of piperidine rings is 1. The Labute approximate surface area is 209 Å². The molecule has 2 unspecified atom stereocenters. The molecule has 1 amide bonds. The van der Waals surface area contributed by atoms with Crippen LogP contribution in [-0.4, -0.2) is 74.4 Å². The quantitative estimate of drug-likeness (QED) is 0.512. The maximum absolute atomic E-state index is 13.6. The number of aliphatic hydroxyl groups excluding tert-OH is 1. The van der Waals surface area contributed by atoms with E-state index in [1.807, 2.05) is 4.90 Å². The lowest BCUT2D eigenvalue weighted by Gasteiger charge is -2.35. The van der Waals surface area contributed by atoms with E-state index in [-0.39, 0.29) is 51.4 Å². The number of benzene rings is 2. The van der Waals surface area contributed by atoms with Gasteiger partial charge in [0.05, 0.1) is 26.2 Å². The van der Waals surface area contributed by atoms with Crippen LogP contribution in [0.1, 0.15) is 30.9 Å². The van der Waals surface area contributed by atoms with Crippen molar-refractivity contribution in [1.82, 2.24) is 10.2 Å². The highest BCUT2D eigenvalue weighted by Gasteiger charge is 2.36. The molecule has 2 N–H and O–H groups in total. The minimum atomic E-state index is -2.68. The van der Waals surface area contributed by atoms with Crippen molar-refractivity contribution in [3.8, 4) is 23.0 Å². The summed E-state index contributed by atoms with van der Waals surface area (Å²) in [6, 6.07) is 11.4. The summed E-state index contributed by atoms with van der Waals surface area (Å²) in [6.07, 6.45) is -1.50. The van der Waals surface area contributed by atoms with E-state index in [1.165, 1.54) is 0 Å². The van der Waals surface area contributed by atoms with Crippen molar-refractivity contribution in [1.29, 1.82) is 0 Å². The number of aliphatic hydroxyl groups is 1. The van der Waals surface area contributed by atoms with Gasteiger partial charge in [-0.15, -0.1) is 0 Å². The molecule has 0 spiro atoms. The topological polar surface area (TPSA) is 89.5 Å². The molecule has 196 valence electrons. The number of nitrogens with zero attached hydrogens (tertiary/aromatic N) is 1. The van der Waals surface area contributed by atoms with Gasteiger partial charge in [-0.05, 0) is 42.0 Å². The molecule has 2 aliphatic rings. The molecule has 0 aromatic heterocycles. The number of nitrogens with one attached hydrogen (secondary N) is 1. The van der Waals surface area contributed by atoms with Gasteiger partial charge < -0.3 is 34.3 Å². The minimum Gasteiger partial charge on any atom is -0.497 e. The lowest BCUT2D eigenvalue weighted by atomic mass is 9.99. The van der Waals surface area contributed by atoms with Crippen molar-refractivity contribution >= 4 is 5.91 Å². The van der Waals surface area contributed by atoms with E-state index < -0.39 is 18.1 Å². The molecular weight excluding hydrogens is 474 g/mol. The van der Waals surface area contributed by atoms with E-state index in [4.69, 9.17) is 18.9 Å². The number of rotatable bonds is 10. The highest BCUT2D eigenvalue weighted by Crippen LogP contribution is 2.34. The summed E-state index contributed by atoms with van der Waals surface area (Å²) in [7, 11) is 1.57. The average Bonchev–Trinajstić information content (AvgIpc) is 2.89. The van der Waals surface area contributed by atoms with Gasteiger partial charge in [-0.2, -0.15) is 0 Å². The summed E-state index contributed by atoms with van der Waals surface area (Å²) in [5.41, 5.74) is 0.543. The Morgan fingerprint density at radius 1 is 1.08 bits per heavy atom. The molecule has 0 radical (unpaired) electrons. The predicted molar refractivity (Wildman–Crippen MR) is 128 cm³/mol. The Hall–Kier alpha value is -3.11. The number of hydrogen-bond donors (Lipinski definition) is 2. The van der Waals surface area contributed by atoms with E-state index >= 15 is 0 Å². The van der Waals surface area contributed by atoms with Crippen LogP contribution in [0.3, 0.4) is 0 Å². The maximum atomic E-state index is 13.6. The third-order valence-corrected chi connectivity index (χ3v) is 6.34. The molecule has 0 saturated carbocycles. The van der Waals surface area contributed by atoms with Gasteiger partial charge in [-0.3, -0.25) is 4.79 Å². The first kappa shape index (κ1) is 26.0. The fourth-order valence-electron chi connectivity index (χ4n) is 4.25. The molecule has 2 aliphatic heterocycles. The molecule has 2 heterocycles. The van der Waals surface area contributed by atoms with Gasteiger partial charge >= 0.3 is 0 Å². The zero-order chi connectivity index (χ0) is 25.5. The molecule has 0 aliphatic carbocycles. The molecule has 1 fully saturated rings. The Kier molecular flexibility index (Phi) is 8.48. The first-order chi connectivity index (χ1) is 17.3. The van der Waals surface area contributed by atoms with Crippen LogP contribution in [0.2, 0.25) is 0 Å². The number of halogens is 2. The molecule has 10 heteroatoms. The van der Waals surface area contributed by atoms with Crippen LogP contribution in [0.4, 0.5) is 8.78 Å². The molecular formula is C26H32F2N2O6. The number of hydrogen-bond acceptors (Lipinski definition) is 7. The Morgan fingerprint density at radius 3 is 2.44 bits per heavy atom. The van der Waals surface area contributed by atoms with E-state index in [2.05, 4.69) is 5.32 Å². The molecule has 36 heavy (non-hydrogen) atoms. The van der Waals surface area contributed by atoms with Crippen LogP contribution in [0, 0.1) is 0 Å². The average molecular weight is 507 g/mol. The van der Waals surface area contributed by atoms with Gasteiger partial charge in [0, 0.05) is 32.5 Å². The first-order valence-electron chi connectivity index (χ1n) is 12.1. The number of carbonyl (C=O) groups excluding carboxylic acids is 1. The smallest absolute Gasteiger partial charge is 0.250 e. The number of carbonyl (C=O) groups is 1. The van der Waals surface area contributed by atoms with E-state index in [1.54, 1.807) is 49.6 Å². The van der Waals surface area contributed by atoms with Crippen LogP contribution in [-0.2, 0) is 4.79 Å². The molecule has 0 bridgehead atoms. The van der Waals surface area contributed by atoms with Gasteiger partial charge in [0.15, 0.2) is 11.5 Å². The second kappa shape index (κ2) is 11.7. The molecule has 1 saturated heterocycles. The van der Waals surface area contributed by atoms with Crippen molar-refractivity contribution in [2.45, 2.75) is 37.3 Å². The van der Waals surface area contributed by atoms with Crippen molar-refractivity contribution in [3.05, 3.63) is 48.0 Å². The lowest BCUT2D eigenvalue weighted by Crippen LogP contribution is -2.50. The van der Waals surface area contributed by atoms with Crippen LogP contribution < -0.4 is 24.3 Å². The third-order valence-electron chi connectivity index (χ3n) is 6.34. The number of amides is 1. The van der Waals surface area contributed by atoms with Gasteiger partial charge in [-0.1, -0.05) is 6.07 Å². The van der Waals surface area contributed by atoms with Crippen molar-refractivity contribution < 1.29 is 37.6 Å². The number of likely N-dealkylation sites (tertiary alicyclic amines) is 1. The monoisotopic (exact) mass is 506 g/mol. The van der Waals surface area contributed by atoms with Crippen LogP contribution >= 0.6 is 0 Å². The molecule has 4 rings (SSSR count). The summed E-state index contributed by atoms with van der Waals surface area (Å²) in [4.78, 5) is 14.6. The maximum Gasteiger partial charge on any atom is 0.250 e. The highest BCUT2D eigenvalue weighted by atomic mass is 19.3. The largest absolute Gasteiger partial charge is 0.497 e. The van der Waals surface area contributed by atoms with Crippen LogP contribution in [0.25, 0.3) is 0 Å². The van der Waals surface area contributed by atoms with E-state index in [0.29, 0.717) is 41.8 Å². The zero-order valence-electron chi connectivity index (χ0n) is 20.3. The normalized spacial score (nSPS) is 18.7. The minimum absolute atomic E-state index is 0.0639. The van der Waals surface area contributed by atoms with E-state index in [9.17, 15) is 18.7 Å². The fraction of sp³-hybridized carbons (Fsp3) is 0.500. The Bertz CT molecular complexity index is 1010. The Morgan fingerprint density at radius 2 is 1.75 bits per heavy atom. The van der Waals surface area contributed by atoms with Gasteiger partial charge in [0.25, 0.3) is 5.92 Å². The van der Waals surface area contributed by atoms with Gasteiger partial charge in [0.2, 0.25) is 5.91 Å². The SMILES string of the molecule is COc1ccc(OCCC(=O)NC(CN2CCC(F)(F)CC2)C(O)c2ccc3c(c2)OCCO3)cc1. The molecule has 2 aromatic carbocycles. The van der Waals surface area contributed by atoms with Crippen LogP contribution in [0.15, 0.2) is 42.5 Å². The first-order valence-corrected chi connectivity index (χ1v) is 12.1.